The van der Waals surface area contributed by atoms with Crippen molar-refractivity contribution in [2.45, 2.75) is 13.5 Å². The summed E-state index contributed by atoms with van der Waals surface area (Å²) in [5.74, 6) is 1.57. The molecular formula is C14H18BrN3OS2. The van der Waals surface area contributed by atoms with Gasteiger partial charge >= 0.3 is 0 Å². The number of hydrogen-bond acceptors (Lipinski definition) is 6. The third-order valence-corrected chi connectivity index (χ3v) is 3.01. The summed E-state index contributed by atoms with van der Waals surface area (Å²) < 4.78 is 6.27. The van der Waals surface area contributed by atoms with Gasteiger partial charge in [0.25, 0.3) is 0 Å². The molecular weight excluding hydrogens is 370 g/mol. The van der Waals surface area contributed by atoms with E-state index < -0.39 is 0 Å². The van der Waals surface area contributed by atoms with Crippen molar-refractivity contribution < 1.29 is 4.74 Å². The predicted molar refractivity (Wildman–Crippen MR) is 99.3 cm³/mol. The Hall–Kier alpha value is -1.05. The third kappa shape index (κ3) is 6.07. The highest BCUT2D eigenvalue weighted by atomic mass is 79.9. The lowest BCUT2D eigenvalue weighted by Gasteiger charge is -2.09. The first-order valence-electron chi connectivity index (χ1n) is 6.25. The first kappa shape index (κ1) is 18.0. The topological polar surface area (TPSA) is 60.2 Å². The van der Waals surface area contributed by atoms with Crippen LogP contribution in [0.4, 0.5) is 11.5 Å². The van der Waals surface area contributed by atoms with Gasteiger partial charge in [-0.05, 0) is 46.6 Å². The van der Waals surface area contributed by atoms with E-state index in [0.717, 1.165) is 15.8 Å². The van der Waals surface area contributed by atoms with Crippen LogP contribution >= 0.6 is 39.3 Å². The number of pyridine rings is 1. The Bertz CT molecular complexity index is 552. The van der Waals surface area contributed by atoms with E-state index in [1.165, 1.54) is 0 Å². The van der Waals surface area contributed by atoms with Crippen LogP contribution in [0.25, 0.3) is 0 Å². The lowest BCUT2D eigenvalue weighted by molar-refractivity contribution is 0.340. The molecule has 0 radical (unpaired) electrons. The molecule has 0 unspecified atom stereocenters. The fourth-order valence-electron chi connectivity index (χ4n) is 1.66. The summed E-state index contributed by atoms with van der Waals surface area (Å²) in [6.45, 7) is 3.32. The van der Waals surface area contributed by atoms with Crippen molar-refractivity contribution in [1.29, 1.82) is 0 Å². The van der Waals surface area contributed by atoms with Crippen LogP contribution in [-0.4, -0.2) is 11.6 Å². The maximum absolute atomic E-state index is 5.87. The molecule has 21 heavy (non-hydrogen) atoms. The number of nitrogens with one attached hydrogen (secondary N) is 1. The SMILES string of the molecule is CCOc1ccc(CNc2ncc(Br)cc2N)cc1.SS. The highest BCUT2D eigenvalue weighted by Gasteiger charge is 2.01. The smallest absolute Gasteiger partial charge is 0.149 e. The van der Waals surface area contributed by atoms with E-state index in [4.69, 9.17) is 10.5 Å². The molecule has 1 aromatic carbocycles. The second-order valence-corrected chi connectivity index (χ2v) is 4.94. The van der Waals surface area contributed by atoms with Crippen LogP contribution in [0.15, 0.2) is 41.0 Å². The average molecular weight is 388 g/mol. The molecule has 3 N–H and O–H groups in total. The van der Waals surface area contributed by atoms with E-state index >= 15 is 0 Å². The summed E-state index contributed by atoms with van der Waals surface area (Å²) in [7, 11) is 0. The first-order chi connectivity index (χ1) is 10.2. The van der Waals surface area contributed by atoms with Crippen LogP contribution in [0.2, 0.25) is 0 Å². The highest BCUT2D eigenvalue weighted by Crippen LogP contribution is 2.20. The number of aromatic nitrogens is 1. The van der Waals surface area contributed by atoms with Gasteiger partial charge in [-0.15, -0.1) is 23.3 Å². The number of ether oxygens (including phenoxy) is 1. The van der Waals surface area contributed by atoms with Gasteiger partial charge in [0.1, 0.15) is 11.6 Å². The zero-order valence-corrected chi connectivity index (χ0v) is 15.0. The number of anilines is 2. The van der Waals surface area contributed by atoms with E-state index in [1.54, 1.807) is 6.20 Å². The summed E-state index contributed by atoms with van der Waals surface area (Å²) in [5.41, 5.74) is 7.65. The fourth-order valence-corrected chi connectivity index (χ4v) is 2.01. The van der Waals surface area contributed by atoms with E-state index in [2.05, 4.69) is 49.6 Å². The number of hydrogen-bond donors (Lipinski definition) is 4. The minimum Gasteiger partial charge on any atom is -0.494 e. The van der Waals surface area contributed by atoms with Gasteiger partial charge in [0.05, 0.1) is 12.3 Å². The molecule has 7 heteroatoms. The Morgan fingerprint density at radius 3 is 2.52 bits per heavy atom. The van der Waals surface area contributed by atoms with Crippen molar-refractivity contribution in [1.82, 2.24) is 4.98 Å². The molecule has 0 saturated carbocycles. The maximum atomic E-state index is 5.87. The molecule has 0 saturated heterocycles. The van der Waals surface area contributed by atoms with Crippen molar-refractivity contribution in [2.75, 3.05) is 17.7 Å². The van der Waals surface area contributed by atoms with Gasteiger partial charge in [0, 0.05) is 17.2 Å². The summed E-state index contributed by atoms with van der Waals surface area (Å²) in [5, 5.41) is 3.21. The van der Waals surface area contributed by atoms with E-state index in [-0.39, 0.29) is 0 Å². The predicted octanol–water partition coefficient (Wildman–Crippen LogP) is 4.20. The Morgan fingerprint density at radius 2 is 1.95 bits per heavy atom. The largest absolute Gasteiger partial charge is 0.494 e. The molecule has 114 valence electrons. The lowest BCUT2D eigenvalue weighted by atomic mass is 10.2. The van der Waals surface area contributed by atoms with E-state index in [9.17, 15) is 0 Å². The second kappa shape index (κ2) is 9.81. The van der Waals surface area contributed by atoms with Crippen LogP contribution in [0, 0.1) is 0 Å². The highest BCUT2D eigenvalue weighted by molar-refractivity contribution is 9.10. The Morgan fingerprint density at radius 1 is 1.29 bits per heavy atom. The van der Waals surface area contributed by atoms with Crippen LogP contribution in [0.5, 0.6) is 5.75 Å². The minimum absolute atomic E-state index is 0.625. The van der Waals surface area contributed by atoms with Gasteiger partial charge in [-0.25, -0.2) is 4.98 Å². The number of halogens is 1. The molecule has 0 aliphatic carbocycles. The molecule has 0 atom stereocenters. The average Bonchev–Trinajstić information content (AvgIpc) is 2.50. The van der Waals surface area contributed by atoms with E-state index in [1.807, 2.05) is 37.3 Å². The molecule has 2 aromatic rings. The van der Waals surface area contributed by atoms with Gasteiger partial charge in [0.15, 0.2) is 0 Å². The number of nitrogen functional groups attached to an aromatic ring is 1. The number of nitrogens with two attached hydrogens (primary N) is 1. The Kier molecular flexibility index (Phi) is 8.41. The summed E-state index contributed by atoms with van der Waals surface area (Å²) in [6, 6.07) is 9.78. The molecule has 2 rings (SSSR count). The molecule has 0 aliphatic heterocycles. The zero-order chi connectivity index (χ0) is 15.7. The normalized spacial score (nSPS) is 9.52. The lowest BCUT2D eigenvalue weighted by Crippen LogP contribution is -2.04. The second-order valence-electron chi connectivity index (χ2n) is 4.02. The third-order valence-electron chi connectivity index (χ3n) is 2.58. The number of rotatable bonds is 5. The summed E-state index contributed by atoms with van der Waals surface area (Å²) in [6.07, 6.45) is 1.72. The minimum atomic E-state index is 0.625. The van der Waals surface area contributed by atoms with Crippen LogP contribution in [0.1, 0.15) is 12.5 Å². The standard InChI is InChI=1S/C14H16BrN3O.H2S2/c1-2-19-12-5-3-10(4-6-12)8-17-14-13(16)7-11(15)9-18-14;1-2/h3-7,9H,2,8,16H2,1H3,(H,17,18);1-2H. The van der Waals surface area contributed by atoms with Gasteiger partial charge in [0.2, 0.25) is 0 Å². The molecule has 0 amide bonds. The van der Waals surface area contributed by atoms with Crippen molar-refractivity contribution >= 4 is 50.8 Å². The summed E-state index contributed by atoms with van der Waals surface area (Å²) in [4.78, 5) is 4.23. The first-order valence-corrected chi connectivity index (χ1v) is 8.65. The van der Waals surface area contributed by atoms with Gasteiger partial charge < -0.3 is 15.8 Å². The monoisotopic (exact) mass is 387 g/mol. The van der Waals surface area contributed by atoms with Gasteiger partial charge in [-0.3, -0.25) is 0 Å². The Balaban J connectivity index is 0.00000106. The molecule has 0 fully saturated rings. The Labute approximate surface area is 143 Å². The molecule has 1 aromatic heterocycles. The van der Waals surface area contributed by atoms with Crippen molar-refractivity contribution in [3.05, 3.63) is 46.6 Å². The molecule has 1 heterocycles. The molecule has 0 aliphatic rings. The van der Waals surface area contributed by atoms with Crippen LogP contribution in [0.3, 0.4) is 0 Å². The van der Waals surface area contributed by atoms with Gasteiger partial charge in [-0.1, -0.05) is 12.1 Å². The number of thiol groups is 2. The number of benzene rings is 1. The molecule has 0 spiro atoms. The van der Waals surface area contributed by atoms with Crippen molar-refractivity contribution in [3.8, 4) is 5.75 Å². The summed E-state index contributed by atoms with van der Waals surface area (Å²) >= 11 is 9.78. The fraction of sp³-hybridized carbons (Fsp3) is 0.214. The maximum Gasteiger partial charge on any atom is 0.149 e. The molecule has 0 bridgehead atoms. The zero-order valence-electron chi connectivity index (χ0n) is 11.6. The number of nitrogens with zero attached hydrogens (tertiary/aromatic N) is 1. The quantitative estimate of drug-likeness (QED) is 0.458. The van der Waals surface area contributed by atoms with Crippen LogP contribution in [-0.2, 0) is 6.54 Å². The molecule has 4 nitrogen and oxygen atoms in total. The van der Waals surface area contributed by atoms with Crippen molar-refractivity contribution in [3.63, 3.8) is 0 Å². The van der Waals surface area contributed by atoms with Gasteiger partial charge in [-0.2, -0.15) is 0 Å². The van der Waals surface area contributed by atoms with Crippen LogP contribution < -0.4 is 15.8 Å². The van der Waals surface area contributed by atoms with Crippen molar-refractivity contribution in [2.24, 2.45) is 0 Å². The van der Waals surface area contributed by atoms with E-state index in [0.29, 0.717) is 24.7 Å².